The van der Waals surface area contributed by atoms with Gasteiger partial charge in [0.05, 0.1) is 24.4 Å². The first kappa shape index (κ1) is 25.4. The number of aliphatic hydroxyl groups is 1. The Bertz CT molecular complexity index is 1060. The fourth-order valence-corrected chi connectivity index (χ4v) is 4.55. The Morgan fingerprint density at radius 3 is 2.74 bits per heavy atom. The van der Waals surface area contributed by atoms with Gasteiger partial charge >= 0.3 is 0 Å². The molecule has 0 spiro atoms. The summed E-state index contributed by atoms with van der Waals surface area (Å²) in [5, 5.41) is 15.5. The topological polar surface area (TPSA) is 69.0 Å². The van der Waals surface area contributed by atoms with Gasteiger partial charge in [0.1, 0.15) is 11.4 Å². The number of benzene rings is 2. The Morgan fingerprint density at radius 2 is 2.03 bits per heavy atom. The molecule has 0 amide bonds. The summed E-state index contributed by atoms with van der Waals surface area (Å²) in [4.78, 5) is 2.24. The van der Waals surface area contributed by atoms with Crippen molar-refractivity contribution >= 4 is 0 Å². The van der Waals surface area contributed by atoms with Gasteiger partial charge in [-0.1, -0.05) is 42.5 Å². The molecule has 2 heterocycles. The van der Waals surface area contributed by atoms with Crippen LogP contribution in [0.4, 0.5) is 0 Å². The van der Waals surface area contributed by atoms with Crippen molar-refractivity contribution < 1.29 is 19.3 Å². The third kappa shape index (κ3) is 6.92. The summed E-state index contributed by atoms with van der Waals surface area (Å²) in [7, 11) is 1.91. The molecular weight excluding hydrogens is 442 g/mol. The van der Waals surface area contributed by atoms with Crippen LogP contribution in [-0.4, -0.2) is 64.9 Å². The smallest absolute Gasteiger partial charge is 0.222 e. The van der Waals surface area contributed by atoms with Crippen LogP contribution in [-0.2, 0) is 23.1 Å². The molecule has 2 atom stereocenters. The first-order valence-electron chi connectivity index (χ1n) is 12.5. The van der Waals surface area contributed by atoms with Crippen molar-refractivity contribution in [3.05, 3.63) is 65.7 Å². The van der Waals surface area contributed by atoms with Gasteiger partial charge in [0.15, 0.2) is 0 Å². The molecule has 1 aliphatic heterocycles. The van der Waals surface area contributed by atoms with Gasteiger partial charge in [0.25, 0.3) is 0 Å². The molecule has 2 aromatic carbocycles. The van der Waals surface area contributed by atoms with Gasteiger partial charge in [-0.15, -0.1) is 0 Å². The van der Waals surface area contributed by atoms with Crippen LogP contribution >= 0.6 is 0 Å². The lowest BCUT2D eigenvalue weighted by Crippen LogP contribution is -2.39. The zero-order valence-electron chi connectivity index (χ0n) is 21.0. The minimum Gasteiger partial charge on any atom is -0.439 e. The Labute approximate surface area is 208 Å². The highest BCUT2D eigenvalue weighted by Gasteiger charge is 2.26. The molecule has 188 valence electrons. The molecule has 0 radical (unpaired) electrons. The maximum Gasteiger partial charge on any atom is 0.222 e. The summed E-state index contributed by atoms with van der Waals surface area (Å²) >= 11 is 0. The lowest BCUT2D eigenvalue weighted by atomic mass is 10.1. The molecular formula is C28H37N3O4. The van der Waals surface area contributed by atoms with Gasteiger partial charge in [0, 0.05) is 45.5 Å². The van der Waals surface area contributed by atoms with E-state index in [1.807, 2.05) is 50.4 Å². The van der Waals surface area contributed by atoms with Crippen LogP contribution in [0.5, 0.6) is 11.6 Å². The summed E-state index contributed by atoms with van der Waals surface area (Å²) in [6.07, 6.45) is 1.68. The Morgan fingerprint density at radius 1 is 1.20 bits per heavy atom. The van der Waals surface area contributed by atoms with Crippen molar-refractivity contribution in [1.82, 2.24) is 14.7 Å². The average molecular weight is 480 g/mol. The highest BCUT2D eigenvalue weighted by molar-refractivity contribution is 5.65. The van der Waals surface area contributed by atoms with E-state index in [9.17, 15) is 5.11 Å². The van der Waals surface area contributed by atoms with E-state index in [1.165, 1.54) is 0 Å². The molecule has 7 nitrogen and oxygen atoms in total. The van der Waals surface area contributed by atoms with Crippen molar-refractivity contribution in [2.24, 2.45) is 7.05 Å². The van der Waals surface area contributed by atoms with Crippen LogP contribution in [0.25, 0.3) is 11.3 Å². The molecule has 1 saturated heterocycles. The second-order valence-corrected chi connectivity index (χ2v) is 9.18. The molecule has 7 heteroatoms. The molecule has 1 aliphatic rings. The summed E-state index contributed by atoms with van der Waals surface area (Å²) in [5.74, 6) is 1.47. The molecule has 0 aliphatic carbocycles. The first-order chi connectivity index (χ1) is 17.0. The first-order valence-corrected chi connectivity index (χ1v) is 12.5. The van der Waals surface area contributed by atoms with Crippen molar-refractivity contribution in [1.29, 1.82) is 0 Å². The molecule has 4 rings (SSSR count). The average Bonchev–Trinajstić information content (AvgIpc) is 3.47. The highest BCUT2D eigenvalue weighted by Crippen LogP contribution is 2.34. The van der Waals surface area contributed by atoms with Crippen molar-refractivity contribution in [2.75, 3.05) is 32.9 Å². The third-order valence-electron chi connectivity index (χ3n) is 6.19. The monoisotopic (exact) mass is 479 g/mol. The summed E-state index contributed by atoms with van der Waals surface area (Å²) < 4.78 is 19.6. The number of aliphatic hydroxyl groups excluding tert-OH is 1. The summed E-state index contributed by atoms with van der Waals surface area (Å²) in [6, 6.07) is 18.2. The van der Waals surface area contributed by atoms with Crippen molar-refractivity contribution in [3.63, 3.8) is 0 Å². The van der Waals surface area contributed by atoms with Crippen LogP contribution < -0.4 is 4.74 Å². The number of hydrogen-bond donors (Lipinski definition) is 1. The van der Waals surface area contributed by atoms with Gasteiger partial charge in [-0.05, 0) is 44.4 Å². The normalized spacial score (nSPS) is 16.7. The van der Waals surface area contributed by atoms with E-state index in [4.69, 9.17) is 19.3 Å². The standard InChI is InChI=1S/C28H37N3O4/c1-4-33-20-23(32)17-31(18-25-14-9-15-34-25)19-26-27(22-11-6-5-7-12-22)29-30(3)28(26)35-24-13-8-10-21(2)16-24/h5-8,10-13,16,23,25,32H,4,9,14-15,17-20H2,1-3H3/t23-,25+/m0/s1. The fraction of sp³-hybridized carbons (Fsp3) is 0.464. The van der Waals surface area contributed by atoms with Gasteiger partial charge < -0.3 is 19.3 Å². The SMILES string of the molecule is CCOC[C@@H](O)CN(Cc1c(-c2ccccc2)nn(C)c1Oc1cccc(C)c1)C[C@H]1CCCO1. The van der Waals surface area contributed by atoms with Crippen molar-refractivity contribution in [3.8, 4) is 22.9 Å². The molecule has 3 aromatic rings. The predicted octanol–water partition coefficient (Wildman–Crippen LogP) is 4.57. The summed E-state index contributed by atoms with van der Waals surface area (Å²) in [5.41, 5.74) is 4.03. The van der Waals surface area contributed by atoms with Gasteiger partial charge in [-0.2, -0.15) is 5.10 Å². The minimum atomic E-state index is -0.589. The second-order valence-electron chi connectivity index (χ2n) is 9.18. The Hall–Kier alpha value is -2.71. The predicted molar refractivity (Wildman–Crippen MR) is 137 cm³/mol. The van der Waals surface area contributed by atoms with Gasteiger partial charge in [-0.3, -0.25) is 4.90 Å². The molecule has 1 N–H and O–H groups in total. The van der Waals surface area contributed by atoms with E-state index in [1.54, 1.807) is 4.68 Å². The quantitative estimate of drug-likeness (QED) is 0.411. The zero-order chi connectivity index (χ0) is 24.6. The molecule has 0 saturated carbocycles. The van der Waals surface area contributed by atoms with E-state index in [2.05, 4.69) is 30.0 Å². The number of aryl methyl sites for hydroxylation is 2. The number of nitrogens with zero attached hydrogens (tertiary/aromatic N) is 3. The second kappa shape index (κ2) is 12.3. The molecule has 0 unspecified atom stereocenters. The summed E-state index contributed by atoms with van der Waals surface area (Å²) in [6.45, 7) is 7.46. The van der Waals surface area contributed by atoms with E-state index in [0.29, 0.717) is 32.2 Å². The zero-order valence-corrected chi connectivity index (χ0v) is 21.0. The molecule has 1 aromatic heterocycles. The van der Waals surface area contributed by atoms with Crippen LogP contribution in [0.15, 0.2) is 54.6 Å². The number of aromatic nitrogens is 2. The van der Waals surface area contributed by atoms with Gasteiger partial charge in [0.2, 0.25) is 5.88 Å². The molecule has 35 heavy (non-hydrogen) atoms. The van der Waals surface area contributed by atoms with Crippen LogP contribution in [0.1, 0.15) is 30.9 Å². The maximum absolute atomic E-state index is 10.7. The Balaban J connectivity index is 1.67. The number of rotatable bonds is 12. The van der Waals surface area contributed by atoms with Crippen LogP contribution in [0.2, 0.25) is 0 Å². The molecule has 1 fully saturated rings. The lowest BCUT2D eigenvalue weighted by Gasteiger charge is -2.27. The number of hydrogen-bond acceptors (Lipinski definition) is 6. The van der Waals surface area contributed by atoms with E-state index >= 15 is 0 Å². The van der Waals surface area contributed by atoms with E-state index in [-0.39, 0.29) is 6.10 Å². The maximum atomic E-state index is 10.7. The lowest BCUT2D eigenvalue weighted by molar-refractivity contribution is 0.00505. The third-order valence-corrected chi connectivity index (χ3v) is 6.19. The van der Waals surface area contributed by atoms with E-state index in [0.717, 1.165) is 54.1 Å². The Kier molecular flexibility index (Phi) is 8.93. The highest BCUT2D eigenvalue weighted by atomic mass is 16.5. The van der Waals surface area contributed by atoms with Crippen LogP contribution in [0.3, 0.4) is 0 Å². The van der Waals surface area contributed by atoms with Crippen molar-refractivity contribution in [2.45, 2.75) is 45.4 Å². The molecule has 0 bridgehead atoms. The van der Waals surface area contributed by atoms with Crippen LogP contribution in [0, 0.1) is 6.92 Å². The van der Waals surface area contributed by atoms with Gasteiger partial charge in [-0.25, -0.2) is 4.68 Å². The number of ether oxygens (including phenoxy) is 3. The van der Waals surface area contributed by atoms with E-state index < -0.39 is 6.10 Å². The fourth-order valence-electron chi connectivity index (χ4n) is 4.55. The largest absolute Gasteiger partial charge is 0.439 e. The minimum absolute atomic E-state index is 0.160.